The van der Waals surface area contributed by atoms with Crippen molar-refractivity contribution < 1.29 is 17.5 Å². The highest BCUT2D eigenvalue weighted by Gasteiger charge is 2.40. The third kappa shape index (κ3) is 2.72. The number of hydrogen-bond acceptors (Lipinski definition) is 4. The zero-order valence-corrected chi connectivity index (χ0v) is 11.6. The fraction of sp³-hybridized carbons (Fsp3) is 0.500. The number of benzene rings is 1. The number of halogens is 1. The molecule has 0 bridgehead atoms. The summed E-state index contributed by atoms with van der Waals surface area (Å²) in [5.74, 6) is -0.636. The molecule has 0 aromatic heterocycles. The van der Waals surface area contributed by atoms with Crippen molar-refractivity contribution in [1.82, 2.24) is 4.72 Å². The van der Waals surface area contributed by atoms with E-state index in [2.05, 4.69) is 4.72 Å². The maximum atomic E-state index is 13.1. The fourth-order valence-electron chi connectivity index (χ4n) is 2.02. The van der Waals surface area contributed by atoms with Crippen molar-refractivity contribution in [3.8, 4) is 0 Å². The lowest BCUT2D eigenvalue weighted by atomic mass is 9.97. The lowest BCUT2D eigenvalue weighted by Crippen LogP contribution is -2.50. The van der Waals surface area contributed by atoms with Crippen LogP contribution >= 0.6 is 0 Å². The van der Waals surface area contributed by atoms with Crippen molar-refractivity contribution in [3.63, 3.8) is 0 Å². The van der Waals surface area contributed by atoms with Gasteiger partial charge >= 0.3 is 0 Å². The zero-order valence-electron chi connectivity index (χ0n) is 10.8. The smallest absolute Gasteiger partial charge is 0.241 e. The molecule has 2 atom stereocenters. The number of ether oxygens (including phenoxy) is 1. The Bertz CT molecular complexity index is 591. The summed E-state index contributed by atoms with van der Waals surface area (Å²) in [6.07, 6.45) is 0.365. The SMILES string of the molecule is CC1OCCC1(C)NS(=O)(=O)c1ccc(F)c(N)c1. The summed E-state index contributed by atoms with van der Waals surface area (Å²) in [7, 11) is -3.75. The minimum absolute atomic E-state index is 0.0493. The van der Waals surface area contributed by atoms with Gasteiger partial charge in [-0.3, -0.25) is 0 Å². The molecular formula is C12H17FN2O3S. The van der Waals surface area contributed by atoms with Gasteiger partial charge in [0.1, 0.15) is 5.82 Å². The van der Waals surface area contributed by atoms with E-state index in [1.165, 1.54) is 6.07 Å². The van der Waals surface area contributed by atoms with Gasteiger partial charge in [0.2, 0.25) is 10.0 Å². The van der Waals surface area contributed by atoms with Gasteiger partial charge in [-0.15, -0.1) is 0 Å². The van der Waals surface area contributed by atoms with E-state index in [4.69, 9.17) is 10.5 Å². The summed E-state index contributed by atoms with van der Waals surface area (Å²) in [5, 5.41) is 0. The molecule has 7 heteroatoms. The second kappa shape index (κ2) is 4.73. The summed E-state index contributed by atoms with van der Waals surface area (Å²) < 4.78 is 45.6. The maximum Gasteiger partial charge on any atom is 0.241 e. The molecule has 1 aromatic carbocycles. The Balaban J connectivity index is 2.30. The lowest BCUT2D eigenvalue weighted by molar-refractivity contribution is 0.0957. The van der Waals surface area contributed by atoms with Crippen LogP contribution in [0.15, 0.2) is 23.1 Å². The second-order valence-electron chi connectivity index (χ2n) is 4.97. The highest BCUT2D eigenvalue weighted by atomic mass is 32.2. The molecule has 1 heterocycles. The van der Waals surface area contributed by atoms with Crippen molar-refractivity contribution in [1.29, 1.82) is 0 Å². The second-order valence-corrected chi connectivity index (χ2v) is 6.65. The Labute approximate surface area is 112 Å². The first-order chi connectivity index (χ1) is 8.74. The Hall–Kier alpha value is -1.18. The molecule has 1 aromatic rings. The van der Waals surface area contributed by atoms with Crippen molar-refractivity contribution >= 4 is 15.7 Å². The summed E-state index contributed by atoms with van der Waals surface area (Å²) in [4.78, 5) is -0.0493. The molecule has 5 nitrogen and oxygen atoms in total. The normalized spacial score (nSPS) is 27.6. The van der Waals surface area contributed by atoms with Gasteiger partial charge in [0.25, 0.3) is 0 Å². The van der Waals surface area contributed by atoms with Crippen LogP contribution in [-0.2, 0) is 14.8 Å². The molecule has 0 saturated carbocycles. The molecule has 3 N–H and O–H groups in total. The van der Waals surface area contributed by atoms with E-state index in [9.17, 15) is 12.8 Å². The van der Waals surface area contributed by atoms with E-state index in [1.54, 1.807) is 6.92 Å². The third-order valence-electron chi connectivity index (χ3n) is 3.53. The molecule has 0 spiro atoms. The number of nitrogen functional groups attached to an aromatic ring is 1. The first-order valence-electron chi connectivity index (χ1n) is 5.95. The predicted molar refractivity (Wildman–Crippen MR) is 69.6 cm³/mol. The van der Waals surface area contributed by atoms with Crippen LogP contribution < -0.4 is 10.5 Å². The van der Waals surface area contributed by atoms with Crippen molar-refractivity contribution in [2.24, 2.45) is 0 Å². The minimum Gasteiger partial charge on any atom is -0.396 e. The van der Waals surface area contributed by atoms with Crippen LogP contribution in [0, 0.1) is 5.82 Å². The van der Waals surface area contributed by atoms with Gasteiger partial charge in [-0.1, -0.05) is 0 Å². The molecule has 1 aliphatic rings. The minimum atomic E-state index is -3.75. The average molecular weight is 288 g/mol. The molecule has 0 radical (unpaired) electrons. The highest BCUT2D eigenvalue weighted by molar-refractivity contribution is 7.89. The molecule has 2 unspecified atom stereocenters. The molecule has 1 saturated heterocycles. The molecule has 19 heavy (non-hydrogen) atoms. The van der Waals surface area contributed by atoms with E-state index in [0.717, 1.165) is 12.1 Å². The van der Waals surface area contributed by atoms with Gasteiger partial charge in [-0.05, 0) is 38.5 Å². The molecule has 106 valence electrons. The Morgan fingerprint density at radius 3 is 2.74 bits per heavy atom. The number of nitrogens with one attached hydrogen (secondary N) is 1. The summed E-state index contributed by atoms with van der Waals surface area (Å²) in [5.41, 5.74) is 4.54. The van der Waals surface area contributed by atoms with E-state index in [-0.39, 0.29) is 16.7 Å². The summed E-state index contributed by atoms with van der Waals surface area (Å²) in [6, 6.07) is 3.35. The van der Waals surface area contributed by atoms with E-state index in [0.29, 0.717) is 13.0 Å². The fourth-order valence-corrected chi connectivity index (χ4v) is 3.55. The monoisotopic (exact) mass is 288 g/mol. The third-order valence-corrected chi connectivity index (χ3v) is 5.14. The van der Waals surface area contributed by atoms with E-state index < -0.39 is 21.4 Å². The van der Waals surface area contributed by atoms with Crippen molar-refractivity contribution in [2.75, 3.05) is 12.3 Å². The summed E-state index contributed by atoms with van der Waals surface area (Å²) in [6.45, 7) is 4.11. The Kier molecular flexibility index (Phi) is 3.55. The number of sulfonamides is 1. The van der Waals surface area contributed by atoms with Crippen LogP contribution in [-0.4, -0.2) is 26.7 Å². The van der Waals surface area contributed by atoms with Gasteiger partial charge in [0, 0.05) is 6.61 Å². The van der Waals surface area contributed by atoms with Gasteiger partial charge in [0.05, 0.1) is 22.2 Å². The van der Waals surface area contributed by atoms with Gasteiger partial charge < -0.3 is 10.5 Å². The Morgan fingerprint density at radius 1 is 1.53 bits per heavy atom. The molecule has 0 amide bonds. The first kappa shape index (κ1) is 14.2. The van der Waals surface area contributed by atoms with Crippen molar-refractivity contribution in [2.45, 2.75) is 36.8 Å². The number of hydrogen-bond donors (Lipinski definition) is 2. The van der Waals surface area contributed by atoms with E-state index in [1.807, 2.05) is 6.92 Å². The van der Waals surface area contributed by atoms with Gasteiger partial charge in [0.15, 0.2) is 0 Å². The zero-order chi connectivity index (χ0) is 14.3. The number of nitrogens with two attached hydrogens (primary N) is 1. The van der Waals surface area contributed by atoms with Crippen LogP contribution in [0.1, 0.15) is 20.3 Å². The molecule has 2 rings (SSSR count). The standard InChI is InChI=1S/C12H17FN2O3S/c1-8-12(2,5-6-18-8)15-19(16,17)9-3-4-10(13)11(14)7-9/h3-4,7-8,15H,5-6,14H2,1-2H3. The molecule has 0 aliphatic carbocycles. The number of anilines is 1. The topological polar surface area (TPSA) is 81.4 Å². The average Bonchev–Trinajstić information content (AvgIpc) is 2.61. The lowest BCUT2D eigenvalue weighted by Gasteiger charge is -2.28. The van der Waals surface area contributed by atoms with Crippen LogP contribution in [0.5, 0.6) is 0 Å². The maximum absolute atomic E-state index is 13.1. The van der Waals surface area contributed by atoms with Crippen molar-refractivity contribution in [3.05, 3.63) is 24.0 Å². The van der Waals surface area contributed by atoms with Crippen LogP contribution in [0.3, 0.4) is 0 Å². The quantitative estimate of drug-likeness (QED) is 0.820. The van der Waals surface area contributed by atoms with Gasteiger partial charge in [-0.25, -0.2) is 17.5 Å². The van der Waals surface area contributed by atoms with Crippen LogP contribution in [0.4, 0.5) is 10.1 Å². The first-order valence-corrected chi connectivity index (χ1v) is 7.43. The van der Waals surface area contributed by atoms with E-state index >= 15 is 0 Å². The predicted octanol–water partition coefficient (Wildman–Crippen LogP) is 1.25. The van der Waals surface area contributed by atoms with Crippen LogP contribution in [0.25, 0.3) is 0 Å². The highest BCUT2D eigenvalue weighted by Crippen LogP contribution is 2.27. The molecule has 1 aliphatic heterocycles. The number of rotatable bonds is 3. The van der Waals surface area contributed by atoms with Gasteiger partial charge in [-0.2, -0.15) is 0 Å². The largest absolute Gasteiger partial charge is 0.396 e. The van der Waals surface area contributed by atoms with Crippen LogP contribution in [0.2, 0.25) is 0 Å². The Morgan fingerprint density at radius 2 is 2.21 bits per heavy atom. The molecule has 1 fully saturated rings. The molecular weight excluding hydrogens is 271 g/mol. The summed E-state index contributed by atoms with van der Waals surface area (Å²) >= 11 is 0.